The molecule has 1 aromatic heterocycles. The zero-order valence-corrected chi connectivity index (χ0v) is 21.8. The Labute approximate surface area is 223 Å². The number of hydrogen-bond acceptors (Lipinski definition) is 5. The molecule has 0 radical (unpaired) electrons. The average Bonchev–Trinajstić information content (AvgIpc) is 3.36. The molecule has 2 N–H and O–H groups in total. The zero-order valence-electron chi connectivity index (χ0n) is 20.2. The highest BCUT2D eigenvalue weighted by atomic mass is 35.5. The summed E-state index contributed by atoms with van der Waals surface area (Å²) in [5.74, 6) is -2.20. The highest BCUT2D eigenvalue weighted by Crippen LogP contribution is 2.36. The standard InChI is InChI=1S/C28H25ClFN3O3S/c1-17(2)25(27(35)36)32-26(34)19-13-11-18(12-14-19)15-33(24-10-6-5-9-22(24)30)28-31-23(16-37-28)20-7-3-4-8-21(20)29/h3-14,16-17,25H,15H2,1-2H3,(H,32,34)(H,35,36). The summed E-state index contributed by atoms with van der Waals surface area (Å²) < 4.78 is 14.9. The largest absolute Gasteiger partial charge is 0.480 e. The number of aromatic nitrogens is 1. The first-order valence-corrected chi connectivity index (χ1v) is 12.9. The minimum absolute atomic E-state index is 0.260. The number of anilines is 2. The molecule has 3 aromatic carbocycles. The van der Waals surface area contributed by atoms with Gasteiger partial charge in [0.1, 0.15) is 11.9 Å². The third kappa shape index (κ3) is 6.15. The number of carboxylic acid groups (broad SMARTS) is 1. The van der Waals surface area contributed by atoms with E-state index in [2.05, 4.69) is 5.32 Å². The van der Waals surface area contributed by atoms with Crippen molar-refractivity contribution in [3.05, 3.63) is 100 Å². The Morgan fingerprint density at radius 2 is 1.73 bits per heavy atom. The second-order valence-electron chi connectivity index (χ2n) is 8.76. The van der Waals surface area contributed by atoms with Gasteiger partial charge >= 0.3 is 5.97 Å². The van der Waals surface area contributed by atoms with Crippen molar-refractivity contribution in [2.75, 3.05) is 4.90 Å². The fraction of sp³-hybridized carbons (Fsp3) is 0.179. The van der Waals surface area contributed by atoms with Crippen molar-refractivity contribution in [1.82, 2.24) is 10.3 Å². The van der Waals surface area contributed by atoms with Gasteiger partial charge in [-0.1, -0.05) is 67.9 Å². The zero-order chi connectivity index (χ0) is 26.5. The van der Waals surface area contributed by atoms with E-state index in [0.717, 1.165) is 11.1 Å². The second-order valence-corrected chi connectivity index (χ2v) is 10.0. The third-order valence-corrected chi connectivity index (χ3v) is 6.99. The van der Waals surface area contributed by atoms with Crippen molar-refractivity contribution >= 4 is 45.6 Å². The van der Waals surface area contributed by atoms with Crippen molar-refractivity contribution in [2.45, 2.75) is 26.4 Å². The maximum atomic E-state index is 14.9. The number of carboxylic acids is 1. The Morgan fingerprint density at radius 1 is 1.05 bits per heavy atom. The maximum Gasteiger partial charge on any atom is 0.326 e. The average molecular weight is 538 g/mol. The molecule has 0 saturated carbocycles. The first-order chi connectivity index (χ1) is 17.7. The van der Waals surface area contributed by atoms with Gasteiger partial charge < -0.3 is 15.3 Å². The lowest BCUT2D eigenvalue weighted by atomic mass is 10.0. The van der Waals surface area contributed by atoms with Gasteiger partial charge in [0.2, 0.25) is 0 Å². The molecule has 0 spiro atoms. The summed E-state index contributed by atoms with van der Waals surface area (Å²) in [6.07, 6.45) is 0. The fourth-order valence-electron chi connectivity index (χ4n) is 3.79. The van der Waals surface area contributed by atoms with E-state index in [1.54, 1.807) is 67.3 Å². The normalized spacial score (nSPS) is 11.8. The van der Waals surface area contributed by atoms with Crippen molar-refractivity contribution in [1.29, 1.82) is 0 Å². The number of thiazole rings is 1. The summed E-state index contributed by atoms with van der Waals surface area (Å²) in [6.45, 7) is 3.76. The number of halogens is 2. The predicted molar refractivity (Wildman–Crippen MR) is 145 cm³/mol. The first kappa shape index (κ1) is 26.3. The van der Waals surface area contributed by atoms with Crippen LogP contribution >= 0.6 is 22.9 Å². The summed E-state index contributed by atoms with van der Waals surface area (Å²) in [4.78, 5) is 30.5. The number of amides is 1. The summed E-state index contributed by atoms with van der Waals surface area (Å²) in [5, 5.41) is 14.9. The molecule has 6 nitrogen and oxygen atoms in total. The number of nitrogens with zero attached hydrogens (tertiary/aromatic N) is 2. The van der Waals surface area contributed by atoms with Crippen LogP contribution in [0.4, 0.5) is 15.2 Å². The van der Waals surface area contributed by atoms with Crippen LogP contribution in [0.15, 0.2) is 78.2 Å². The van der Waals surface area contributed by atoms with Gasteiger partial charge in [-0.25, -0.2) is 14.2 Å². The lowest BCUT2D eigenvalue weighted by Crippen LogP contribution is -2.44. The lowest BCUT2D eigenvalue weighted by molar-refractivity contribution is -0.140. The van der Waals surface area contributed by atoms with Gasteiger partial charge in [0, 0.05) is 21.5 Å². The van der Waals surface area contributed by atoms with Gasteiger partial charge in [-0.2, -0.15) is 0 Å². The Hall–Kier alpha value is -3.75. The summed E-state index contributed by atoms with van der Waals surface area (Å²) in [7, 11) is 0. The number of carbonyl (C=O) groups is 2. The number of para-hydroxylation sites is 1. The lowest BCUT2D eigenvalue weighted by Gasteiger charge is -2.23. The third-order valence-electron chi connectivity index (χ3n) is 5.79. The predicted octanol–water partition coefficient (Wildman–Crippen LogP) is 6.78. The van der Waals surface area contributed by atoms with E-state index in [4.69, 9.17) is 16.6 Å². The van der Waals surface area contributed by atoms with Gasteiger partial charge in [-0.05, 0) is 41.8 Å². The topological polar surface area (TPSA) is 82.5 Å². The first-order valence-electron chi connectivity index (χ1n) is 11.6. The van der Waals surface area contributed by atoms with Crippen LogP contribution in [0, 0.1) is 11.7 Å². The van der Waals surface area contributed by atoms with E-state index < -0.39 is 17.9 Å². The number of rotatable bonds is 9. The molecular weight excluding hydrogens is 513 g/mol. The van der Waals surface area contributed by atoms with Crippen LogP contribution in [-0.4, -0.2) is 28.0 Å². The Balaban J connectivity index is 1.60. The van der Waals surface area contributed by atoms with Gasteiger partial charge in [0.25, 0.3) is 5.91 Å². The molecule has 0 aliphatic rings. The van der Waals surface area contributed by atoms with E-state index in [-0.39, 0.29) is 11.7 Å². The van der Waals surface area contributed by atoms with Gasteiger partial charge in [-0.15, -0.1) is 11.3 Å². The van der Waals surface area contributed by atoms with E-state index in [0.29, 0.717) is 33.6 Å². The van der Waals surface area contributed by atoms with Gasteiger partial charge in [-0.3, -0.25) is 4.79 Å². The van der Waals surface area contributed by atoms with E-state index in [9.17, 15) is 19.1 Å². The van der Waals surface area contributed by atoms with Crippen molar-refractivity contribution in [2.24, 2.45) is 5.92 Å². The van der Waals surface area contributed by atoms with Crippen LogP contribution in [0.5, 0.6) is 0 Å². The van der Waals surface area contributed by atoms with E-state index >= 15 is 0 Å². The highest BCUT2D eigenvalue weighted by molar-refractivity contribution is 7.14. The van der Waals surface area contributed by atoms with Gasteiger partial charge in [0.15, 0.2) is 5.13 Å². The van der Waals surface area contributed by atoms with Crippen molar-refractivity contribution < 1.29 is 19.1 Å². The molecule has 1 atom stereocenters. The maximum absolute atomic E-state index is 14.9. The monoisotopic (exact) mass is 537 g/mol. The minimum Gasteiger partial charge on any atom is -0.480 e. The summed E-state index contributed by atoms with van der Waals surface area (Å²) >= 11 is 7.73. The number of aliphatic carboxylic acids is 1. The van der Waals surface area contributed by atoms with Crippen LogP contribution in [0.25, 0.3) is 11.3 Å². The van der Waals surface area contributed by atoms with Crippen molar-refractivity contribution in [3.8, 4) is 11.3 Å². The Kier molecular flexibility index (Phi) is 8.21. The molecule has 1 amide bonds. The molecule has 4 aromatic rings. The number of hydrogen-bond donors (Lipinski definition) is 2. The van der Waals surface area contributed by atoms with Crippen LogP contribution in [0.3, 0.4) is 0 Å². The summed E-state index contributed by atoms with van der Waals surface area (Å²) in [6, 6.07) is 19.7. The molecular formula is C28H25ClFN3O3S. The van der Waals surface area contributed by atoms with Gasteiger partial charge in [0.05, 0.1) is 17.9 Å². The fourth-order valence-corrected chi connectivity index (χ4v) is 4.86. The Bertz CT molecular complexity index is 1410. The second kappa shape index (κ2) is 11.5. The molecule has 37 heavy (non-hydrogen) atoms. The molecule has 0 fully saturated rings. The minimum atomic E-state index is -1.08. The molecule has 9 heteroatoms. The molecule has 0 aliphatic carbocycles. The van der Waals surface area contributed by atoms with Crippen LogP contribution in [0.1, 0.15) is 29.8 Å². The number of carbonyl (C=O) groups excluding carboxylic acids is 1. The number of nitrogens with one attached hydrogen (secondary N) is 1. The van der Waals surface area contributed by atoms with Crippen LogP contribution < -0.4 is 10.2 Å². The molecule has 0 saturated heterocycles. The molecule has 1 unspecified atom stereocenters. The molecule has 0 aliphatic heterocycles. The van der Waals surface area contributed by atoms with Crippen LogP contribution in [0.2, 0.25) is 5.02 Å². The number of benzene rings is 3. The SMILES string of the molecule is CC(C)C(NC(=O)c1ccc(CN(c2nc(-c3ccccc3Cl)cs2)c2ccccc2F)cc1)C(=O)O. The quantitative estimate of drug-likeness (QED) is 0.246. The summed E-state index contributed by atoms with van der Waals surface area (Å²) in [5.41, 5.74) is 3.00. The van der Waals surface area contributed by atoms with E-state index in [1.807, 2.05) is 23.6 Å². The molecule has 1 heterocycles. The molecule has 0 bridgehead atoms. The van der Waals surface area contributed by atoms with Crippen molar-refractivity contribution in [3.63, 3.8) is 0 Å². The Morgan fingerprint density at radius 3 is 2.38 bits per heavy atom. The highest BCUT2D eigenvalue weighted by Gasteiger charge is 2.24. The van der Waals surface area contributed by atoms with Crippen LogP contribution in [-0.2, 0) is 11.3 Å². The molecule has 190 valence electrons. The smallest absolute Gasteiger partial charge is 0.326 e. The molecule has 4 rings (SSSR count). The van der Waals surface area contributed by atoms with E-state index in [1.165, 1.54) is 17.4 Å².